The maximum Gasteiger partial charge on any atom is 0.318 e. The standard InChI is InChI=1S/C10H19NO5/c1-10(2,9(14)15)8(13)11(4-6-12)5-7-16-3/h12H,4-7H2,1-3H3,(H,14,15). The Balaban J connectivity index is 4.65. The van der Waals surface area contributed by atoms with Gasteiger partial charge in [0, 0.05) is 20.2 Å². The van der Waals surface area contributed by atoms with E-state index in [9.17, 15) is 9.59 Å². The van der Waals surface area contributed by atoms with Crippen molar-refractivity contribution >= 4 is 11.9 Å². The predicted octanol–water partition coefficient (Wildman–Crippen LogP) is -0.435. The molecule has 6 nitrogen and oxygen atoms in total. The minimum absolute atomic E-state index is 0.110. The summed E-state index contributed by atoms with van der Waals surface area (Å²) in [5.41, 5.74) is -1.48. The Kier molecular flexibility index (Phi) is 5.98. The molecular formula is C10H19NO5. The molecule has 16 heavy (non-hydrogen) atoms. The van der Waals surface area contributed by atoms with Gasteiger partial charge in [-0.25, -0.2) is 0 Å². The lowest BCUT2D eigenvalue weighted by atomic mass is 9.92. The fourth-order valence-corrected chi connectivity index (χ4v) is 1.12. The molecule has 0 radical (unpaired) electrons. The quantitative estimate of drug-likeness (QED) is 0.582. The summed E-state index contributed by atoms with van der Waals surface area (Å²) >= 11 is 0. The van der Waals surface area contributed by atoms with Gasteiger partial charge < -0.3 is 19.8 Å². The summed E-state index contributed by atoms with van der Waals surface area (Å²) in [7, 11) is 1.49. The molecule has 0 atom stereocenters. The second-order valence-electron chi connectivity index (χ2n) is 3.94. The van der Waals surface area contributed by atoms with Crippen LogP contribution in [0.4, 0.5) is 0 Å². The highest BCUT2D eigenvalue weighted by molar-refractivity contribution is 6.00. The highest BCUT2D eigenvalue weighted by Crippen LogP contribution is 2.18. The number of aliphatic hydroxyl groups excluding tert-OH is 1. The number of hydrogen-bond donors (Lipinski definition) is 2. The first-order chi connectivity index (χ1) is 7.37. The molecule has 1 amide bonds. The second-order valence-corrected chi connectivity index (χ2v) is 3.94. The summed E-state index contributed by atoms with van der Waals surface area (Å²) in [5.74, 6) is -1.70. The Morgan fingerprint density at radius 2 is 1.88 bits per heavy atom. The van der Waals surface area contributed by atoms with Crippen LogP contribution < -0.4 is 0 Å². The van der Waals surface area contributed by atoms with Gasteiger partial charge >= 0.3 is 5.97 Å². The zero-order valence-corrected chi connectivity index (χ0v) is 9.89. The number of aliphatic carboxylic acids is 1. The van der Waals surface area contributed by atoms with Crippen molar-refractivity contribution in [3.8, 4) is 0 Å². The van der Waals surface area contributed by atoms with Crippen molar-refractivity contribution in [2.75, 3.05) is 33.4 Å². The third-order valence-electron chi connectivity index (χ3n) is 2.29. The molecule has 0 aromatic carbocycles. The molecule has 0 saturated heterocycles. The van der Waals surface area contributed by atoms with E-state index in [4.69, 9.17) is 14.9 Å². The maximum absolute atomic E-state index is 11.9. The number of ether oxygens (including phenoxy) is 1. The second kappa shape index (κ2) is 6.44. The van der Waals surface area contributed by atoms with Crippen molar-refractivity contribution in [2.45, 2.75) is 13.8 Å². The number of nitrogens with zero attached hydrogens (tertiary/aromatic N) is 1. The van der Waals surface area contributed by atoms with E-state index in [0.29, 0.717) is 6.61 Å². The number of amides is 1. The van der Waals surface area contributed by atoms with E-state index >= 15 is 0 Å². The molecule has 0 heterocycles. The molecule has 0 aromatic heterocycles. The van der Waals surface area contributed by atoms with Gasteiger partial charge in [0.1, 0.15) is 5.41 Å². The van der Waals surface area contributed by atoms with Crippen LogP contribution in [0.25, 0.3) is 0 Å². The number of rotatable bonds is 7. The van der Waals surface area contributed by atoms with Gasteiger partial charge in [-0.05, 0) is 13.8 Å². The molecule has 0 spiro atoms. The molecule has 94 valence electrons. The van der Waals surface area contributed by atoms with Crippen molar-refractivity contribution in [3.05, 3.63) is 0 Å². The zero-order chi connectivity index (χ0) is 12.8. The fourth-order valence-electron chi connectivity index (χ4n) is 1.12. The van der Waals surface area contributed by atoms with Gasteiger partial charge in [0.25, 0.3) is 0 Å². The molecule has 0 aliphatic heterocycles. The first-order valence-corrected chi connectivity index (χ1v) is 5.00. The molecule has 0 saturated carbocycles. The van der Waals surface area contributed by atoms with Crippen LogP contribution in [0.2, 0.25) is 0 Å². The molecule has 2 N–H and O–H groups in total. The molecule has 0 aromatic rings. The van der Waals surface area contributed by atoms with Gasteiger partial charge in [-0.2, -0.15) is 0 Å². The average molecular weight is 233 g/mol. The third-order valence-corrected chi connectivity index (χ3v) is 2.29. The van der Waals surface area contributed by atoms with Crippen LogP contribution in [0, 0.1) is 5.41 Å². The van der Waals surface area contributed by atoms with Gasteiger partial charge in [0.05, 0.1) is 13.2 Å². The van der Waals surface area contributed by atoms with E-state index in [2.05, 4.69) is 0 Å². The minimum atomic E-state index is -1.48. The zero-order valence-electron chi connectivity index (χ0n) is 9.89. The highest BCUT2D eigenvalue weighted by Gasteiger charge is 2.38. The summed E-state index contributed by atoms with van der Waals surface area (Å²) in [6.45, 7) is 3.17. The lowest BCUT2D eigenvalue weighted by Crippen LogP contribution is -2.47. The molecular weight excluding hydrogens is 214 g/mol. The van der Waals surface area contributed by atoms with Gasteiger partial charge in [0.2, 0.25) is 5.91 Å². The SMILES string of the molecule is COCCN(CCO)C(=O)C(C)(C)C(=O)O. The number of aliphatic hydroxyl groups is 1. The lowest BCUT2D eigenvalue weighted by Gasteiger charge is -2.28. The summed E-state index contributed by atoms with van der Waals surface area (Å²) in [6, 6.07) is 0. The topological polar surface area (TPSA) is 87.1 Å². The largest absolute Gasteiger partial charge is 0.480 e. The fraction of sp³-hybridized carbons (Fsp3) is 0.800. The van der Waals surface area contributed by atoms with E-state index in [0.717, 1.165) is 0 Å². The average Bonchev–Trinajstić information content (AvgIpc) is 2.22. The van der Waals surface area contributed by atoms with Crippen molar-refractivity contribution in [1.82, 2.24) is 4.90 Å². The maximum atomic E-state index is 11.9. The Morgan fingerprint density at radius 3 is 2.25 bits per heavy atom. The molecule has 0 aliphatic rings. The Labute approximate surface area is 94.8 Å². The monoisotopic (exact) mass is 233 g/mol. The predicted molar refractivity (Wildman–Crippen MR) is 57.0 cm³/mol. The molecule has 0 fully saturated rings. The smallest absolute Gasteiger partial charge is 0.318 e. The molecule has 0 unspecified atom stereocenters. The summed E-state index contributed by atoms with van der Waals surface area (Å²) in [5, 5.41) is 17.7. The van der Waals surface area contributed by atoms with Crippen LogP contribution in [-0.4, -0.2) is 60.4 Å². The summed E-state index contributed by atoms with van der Waals surface area (Å²) in [4.78, 5) is 24.1. The van der Waals surface area contributed by atoms with Crippen molar-refractivity contribution in [3.63, 3.8) is 0 Å². The van der Waals surface area contributed by atoms with Crippen LogP contribution >= 0.6 is 0 Å². The van der Waals surface area contributed by atoms with Crippen LogP contribution in [0.1, 0.15) is 13.8 Å². The first kappa shape index (κ1) is 14.9. The third kappa shape index (κ3) is 3.79. The Bertz CT molecular complexity index is 252. The Morgan fingerprint density at radius 1 is 1.31 bits per heavy atom. The number of carboxylic acid groups (broad SMARTS) is 1. The minimum Gasteiger partial charge on any atom is -0.480 e. The van der Waals surface area contributed by atoms with Crippen LogP contribution in [0.5, 0.6) is 0 Å². The van der Waals surface area contributed by atoms with Crippen molar-refractivity contribution < 1.29 is 24.5 Å². The van der Waals surface area contributed by atoms with E-state index in [-0.39, 0.29) is 19.7 Å². The van der Waals surface area contributed by atoms with Gasteiger partial charge in [-0.1, -0.05) is 0 Å². The number of carbonyl (C=O) groups excluding carboxylic acids is 1. The number of carbonyl (C=O) groups is 2. The van der Waals surface area contributed by atoms with E-state index in [1.807, 2.05) is 0 Å². The number of carboxylic acids is 1. The van der Waals surface area contributed by atoms with Gasteiger partial charge in [-0.15, -0.1) is 0 Å². The van der Waals surface area contributed by atoms with Crippen LogP contribution in [0.15, 0.2) is 0 Å². The lowest BCUT2D eigenvalue weighted by molar-refractivity contribution is -0.158. The van der Waals surface area contributed by atoms with Gasteiger partial charge in [0.15, 0.2) is 0 Å². The van der Waals surface area contributed by atoms with E-state index in [1.165, 1.54) is 25.9 Å². The van der Waals surface area contributed by atoms with Crippen molar-refractivity contribution in [1.29, 1.82) is 0 Å². The van der Waals surface area contributed by atoms with Gasteiger partial charge in [-0.3, -0.25) is 9.59 Å². The Hall–Kier alpha value is -1.14. The molecule has 0 aliphatic carbocycles. The summed E-state index contributed by atoms with van der Waals surface area (Å²) < 4.78 is 4.82. The van der Waals surface area contributed by atoms with Crippen LogP contribution in [-0.2, 0) is 14.3 Å². The van der Waals surface area contributed by atoms with Crippen LogP contribution in [0.3, 0.4) is 0 Å². The van der Waals surface area contributed by atoms with E-state index in [1.54, 1.807) is 0 Å². The summed E-state index contributed by atoms with van der Waals surface area (Å²) in [6.07, 6.45) is 0. The van der Waals surface area contributed by atoms with E-state index < -0.39 is 17.3 Å². The molecule has 0 bridgehead atoms. The first-order valence-electron chi connectivity index (χ1n) is 5.00. The number of methoxy groups -OCH3 is 1. The number of hydrogen-bond acceptors (Lipinski definition) is 4. The highest BCUT2D eigenvalue weighted by atomic mass is 16.5. The molecule has 6 heteroatoms. The molecule has 0 rings (SSSR count). The normalized spacial score (nSPS) is 11.2. The van der Waals surface area contributed by atoms with Crippen molar-refractivity contribution in [2.24, 2.45) is 5.41 Å².